The number of esters is 1. The van der Waals surface area contributed by atoms with E-state index < -0.39 is 17.7 Å². The quantitative estimate of drug-likeness (QED) is 0.325. The molecule has 0 aromatic carbocycles. The van der Waals surface area contributed by atoms with Gasteiger partial charge in [-0.25, -0.2) is 14.3 Å². The lowest BCUT2D eigenvalue weighted by Gasteiger charge is -2.19. The van der Waals surface area contributed by atoms with Crippen LogP contribution in [0.1, 0.15) is 39.0 Å². The molecule has 0 atom stereocenters. The first-order valence-corrected chi connectivity index (χ1v) is 9.84. The highest BCUT2D eigenvalue weighted by atomic mass is 16.6. The maximum absolute atomic E-state index is 11.7. The van der Waals surface area contributed by atoms with Crippen LogP contribution in [0.25, 0.3) is 11.9 Å². The van der Waals surface area contributed by atoms with Crippen LogP contribution >= 0.6 is 0 Å². The average Bonchev–Trinajstić information content (AvgIpc) is 3.02. The summed E-state index contributed by atoms with van der Waals surface area (Å²) in [6, 6.07) is 1.68. The van der Waals surface area contributed by atoms with Crippen LogP contribution < -0.4 is 16.4 Å². The van der Waals surface area contributed by atoms with Crippen molar-refractivity contribution in [3.63, 3.8) is 0 Å². The van der Waals surface area contributed by atoms with Crippen molar-refractivity contribution < 1.29 is 19.1 Å². The molecule has 0 radical (unpaired) electrons. The first kappa shape index (κ1) is 23.6. The zero-order chi connectivity index (χ0) is 23.0. The van der Waals surface area contributed by atoms with Crippen LogP contribution in [0.2, 0.25) is 0 Å². The molecule has 2 aromatic heterocycles. The second kappa shape index (κ2) is 10.4. The summed E-state index contributed by atoms with van der Waals surface area (Å²) >= 11 is 0. The zero-order valence-corrected chi connectivity index (χ0v) is 18.4. The number of hydrogen-bond acceptors (Lipinski definition) is 9. The molecule has 2 aromatic rings. The van der Waals surface area contributed by atoms with Crippen LogP contribution in [0.3, 0.4) is 0 Å². The predicted molar refractivity (Wildman–Crippen MR) is 117 cm³/mol. The summed E-state index contributed by atoms with van der Waals surface area (Å²) in [5, 5.41) is 10.0. The molecule has 168 valence electrons. The molecular formula is C20H29N7O4. The summed E-state index contributed by atoms with van der Waals surface area (Å²) < 4.78 is 11.6. The number of amides is 1. The van der Waals surface area contributed by atoms with Crippen molar-refractivity contribution >= 4 is 29.9 Å². The lowest BCUT2D eigenvalue weighted by Crippen LogP contribution is -2.35. The molecule has 0 bridgehead atoms. The number of carbonyl (C=O) groups excluding carboxylic acids is 2. The second-order valence-electron chi connectivity index (χ2n) is 7.51. The SMILES string of the molecule is CCOC(=O)C=Cc1cnn(-c2cc(NCCNC(=O)OC(C)(C)C)nc(N)n2)c1C. The smallest absolute Gasteiger partial charge is 0.407 e. The van der Waals surface area contributed by atoms with Crippen molar-refractivity contribution in [3.05, 3.63) is 29.6 Å². The average molecular weight is 431 g/mol. The summed E-state index contributed by atoms with van der Waals surface area (Å²) in [7, 11) is 0. The molecule has 0 unspecified atom stereocenters. The van der Waals surface area contributed by atoms with Gasteiger partial charge in [0.2, 0.25) is 5.95 Å². The molecule has 0 fully saturated rings. The number of hydrogen-bond donors (Lipinski definition) is 3. The second-order valence-corrected chi connectivity index (χ2v) is 7.51. The predicted octanol–water partition coefficient (Wildman–Crippen LogP) is 2.07. The number of alkyl carbamates (subject to hydrolysis) is 1. The van der Waals surface area contributed by atoms with E-state index in [1.165, 1.54) is 6.08 Å². The standard InChI is InChI=1S/C20H29N7O4/c1-6-30-17(28)8-7-14-12-24-27(13(14)2)16-11-15(25-18(21)26-16)22-9-10-23-19(29)31-20(3,4)5/h7-8,11-12H,6,9-10H2,1-5H3,(H,23,29)(H3,21,22,25,26). The largest absolute Gasteiger partial charge is 0.463 e. The van der Waals surface area contributed by atoms with Gasteiger partial charge in [-0.15, -0.1) is 0 Å². The van der Waals surface area contributed by atoms with Gasteiger partial charge in [0.05, 0.1) is 18.5 Å². The lowest BCUT2D eigenvalue weighted by molar-refractivity contribution is -0.137. The Bertz CT molecular complexity index is 947. The number of nitrogens with one attached hydrogen (secondary N) is 2. The van der Waals surface area contributed by atoms with Crippen molar-refractivity contribution in [2.45, 2.75) is 40.2 Å². The van der Waals surface area contributed by atoms with Crippen LogP contribution in [0.15, 0.2) is 18.3 Å². The van der Waals surface area contributed by atoms with Gasteiger partial charge in [-0.1, -0.05) is 0 Å². The highest BCUT2D eigenvalue weighted by Gasteiger charge is 2.15. The van der Waals surface area contributed by atoms with Gasteiger partial charge in [-0.05, 0) is 40.7 Å². The zero-order valence-electron chi connectivity index (χ0n) is 18.4. The number of ether oxygens (including phenoxy) is 2. The van der Waals surface area contributed by atoms with E-state index in [0.29, 0.717) is 31.3 Å². The number of nitrogens with zero attached hydrogens (tertiary/aromatic N) is 4. The Morgan fingerprint density at radius 1 is 1.26 bits per heavy atom. The third-order valence-electron chi connectivity index (χ3n) is 3.78. The summed E-state index contributed by atoms with van der Waals surface area (Å²) in [6.07, 6.45) is 4.09. The van der Waals surface area contributed by atoms with Crippen molar-refractivity contribution in [3.8, 4) is 5.82 Å². The van der Waals surface area contributed by atoms with Gasteiger partial charge < -0.3 is 25.8 Å². The molecule has 0 spiro atoms. The molecule has 11 heteroatoms. The summed E-state index contributed by atoms with van der Waals surface area (Å²) in [6.45, 7) is 10.0. The van der Waals surface area contributed by atoms with E-state index in [1.54, 1.807) is 50.7 Å². The maximum atomic E-state index is 11.7. The fourth-order valence-electron chi connectivity index (χ4n) is 2.49. The Morgan fingerprint density at radius 2 is 2.00 bits per heavy atom. The highest BCUT2D eigenvalue weighted by molar-refractivity contribution is 5.87. The molecule has 0 aliphatic heterocycles. The van der Waals surface area contributed by atoms with E-state index in [9.17, 15) is 9.59 Å². The minimum atomic E-state index is -0.556. The monoisotopic (exact) mass is 431 g/mol. The molecule has 4 N–H and O–H groups in total. The number of rotatable bonds is 8. The third-order valence-corrected chi connectivity index (χ3v) is 3.78. The first-order chi connectivity index (χ1) is 14.6. The van der Waals surface area contributed by atoms with Crippen molar-refractivity contribution in [1.82, 2.24) is 25.1 Å². The summed E-state index contributed by atoms with van der Waals surface area (Å²) in [5.41, 5.74) is 6.78. The van der Waals surface area contributed by atoms with E-state index in [-0.39, 0.29) is 5.95 Å². The number of nitrogen functional groups attached to an aromatic ring is 1. The number of nitrogens with two attached hydrogens (primary N) is 1. The van der Waals surface area contributed by atoms with Crippen LogP contribution in [-0.2, 0) is 14.3 Å². The first-order valence-electron chi connectivity index (χ1n) is 9.84. The Labute approximate surface area is 181 Å². The Hall–Kier alpha value is -3.63. The van der Waals surface area contributed by atoms with Crippen molar-refractivity contribution in [2.75, 3.05) is 30.7 Å². The molecule has 0 saturated heterocycles. The molecular weight excluding hydrogens is 402 g/mol. The minimum absolute atomic E-state index is 0.0682. The Kier molecular flexibility index (Phi) is 7.94. The molecule has 1 amide bonds. The molecule has 0 saturated carbocycles. The normalized spacial score (nSPS) is 11.4. The number of carbonyl (C=O) groups is 2. The van der Waals surface area contributed by atoms with Crippen LogP contribution in [0.4, 0.5) is 16.6 Å². The van der Waals surface area contributed by atoms with Gasteiger partial charge in [0.15, 0.2) is 5.82 Å². The molecule has 0 aliphatic carbocycles. The molecule has 2 rings (SSSR count). The van der Waals surface area contributed by atoms with E-state index >= 15 is 0 Å². The maximum Gasteiger partial charge on any atom is 0.407 e. The van der Waals surface area contributed by atoms with E-state index in [0.717, 1.165) is 11.3 Å². The molecule has 31 heavy (non-hydrogen) atoms. The Balaban J connectivity index is 2.03. The van der Waals surface area contributed by atoms with E-state index in [2.05, 4.69) is 25.7 Å². The van der Waals surface area contributed by atoms with Gasteiger partial charge in [0, 0.05) is 30.8 Å². The van der Waals surface area contributed by atoms with Crippen molar-refractivity contribution in [1.29, 1.82) is 0 Å². The third kappa shape index (κ3) is 7.61. The minimum Gasteiger partial charge on any atom is -0.463 e. The van der Waals surface area contributed by atoms with Gasteiger partial charge in [0.25, 0.3) is 0 Å². The van der Waals surface area contributed by atoms with Gasteiger partial charge in [0.1, 0.15) is 11.4 Å². The fourth-order valence-corrected chi connectivity index (χ4v) is 2.49. The number of aromatic nitrogens is 4. The van der Waals surface area contributed by atoms with E-state index in [4.69, 9.17) is 15.2 Å². The van der Waals surface area contributed by atoms with Gasteiger partial charge in [-0.2, -0.15) is 15.1 Å². The summed E-state index contributed by atoms with van der Waals surface area (Å²) in [5.74, 6) is 0.585. The topological polar surface area (TPSA) is 146 Å². The van der Waals surface area contributed by atoms with Crippen LogP contribution in [0.5, 0.6) is 0 Å². The molecule has 0 aliphatic rings. The molecule has 11 nitrogen and oxygen atoms in total. The van der Waals surface area contributed by atoms with Crippen LogP contribution in [0, 0.1) is 6.92 Å². The van der Waals surface area contributed by atoms with E-state index in [1.807, 2.05) is 6.92 Å². The number of anilines is 2. The Morgan fingerprint density at radius 3 is 2.68 bits per heavy atom. The summed E-state index contributed by atoms with van der Waals surface area (Å²) in [4.78, 5) is 31.6. The molecule has 2 heterocycles. The van der Waals surface area contributed by atoms with Gasteiger partial charge in [-0.3, -0.25) is 0 Å². The highest BCUT2D eigenvalue weighted by Crippen LogP contribution is 2.17. The van der Waals surface area contributed by atoms with Crippen LogP contribution in [-0.4, -0.2) is 57.1 Å². The fraction of sp³-hybridized carbons (Fsp3) is 0.450. The van der Waals surface area contributed by atoms with Gasteiger partial charge >= 0.3 is 12.1 Å². The lowest BCUT2D eigenvalue weighted by atomic mass is 10.2. The van der Waals surface area contributed by atoms with Crippen molar-refractivity contribution in [2.24, 2.45) is 0 Å².